The number of nitrogens with two attached hydrogens (primary N) is 1. The summed E-state index contributed by atoms with van der Waals surface area (Å²) in [5.74, 6) is -0.452. The van der Waals surface area contributed by atoms with Gasteiger partial charge in [-0.3, -0.25) is 0 Å². The number of hydrogen-bond donors (Lipinski definition) is 1. The van der Waals surface area contributed by atoms with Gasteiger partial charge in [0.15, 0.2) is 0 Å². The maximum atomic E-state index is 15.8. The van der Waals surface area contributed by atoms with E-state index in [1.165, 1.54) is 12.4 Å². The molecule has 0 spiro atoms. The molecule has 38 heavy (non-hydrogen) atoms. The van der Waals surface area contributed by atoms with Gasteiger partial charge in [-0.25, -0.2) is 23.7 Å². The standard InChI is InChI=1S/C26H32F5N7/c1-15(2)22-23(32)33-14-34-25(22)37-8-7-17(20(28)12-37)24-35-21(13-38(24)10-9-36(3)4)16-5-6-19(27)18(11-16)26(29,30)31/h5-6,11,13-15,17,20H,7-10,12H2,1-4H3,(H2,32,33,34). The van der Waals surface area contributed by atoms with Gasteiger partial charge in [-0.1, -0.05) is 13.8 Å². The van der Waals surface area contributed by atoms with E-state index in [1.54, 1.807) is 10.8 Å². The van der Waals surface area contributed by atoms with Crippen LogP contribution in [-0.2, 0) is 12.7 Å². The lowest BCUT2D eigenvalue weighted by atomic mass is 9.93. The van der Waals surface area contributed by atoms with E-state index in [2.05, 4.69) is 15.0 Å². The third kappa shape index (κ3) is 5.74. The molecule has 0 radical (unpaired) electrons. The SMILES string of the molecule is CC(C)c1c(N)ncnc1N1CCC(c2nc(-c3ccc(F)c(C(F)(F)F)c3)cn2CCN(C)C)C(F)C1. The van der Waals surface area contributed by atoms with Gasteiger partial charge in [-0.2, -0.15) is 13.2 Å². The number of nitrogens with zero attached hydrogens (tertiary/aromatic N) is 6. The first-order chi connectivity index (χ1) is 17.9. The third-order valence-electron chi connectivity index (χ3n) is 6.81. The van der Waals surface area contributed by atoms with Crippen molar-refractivity contribution in [2.75, 3.05) is 44.4 Å². The van der Waals surface area contributed by atoms with Gasteiger partial charge >= 0.3 is 6.18 Å². The number of piperidine rings is 1. The molecule has 1 fully saturated rings. The number of likely N-dealkylation sites (N-methyl/N-ethyl adjacent to an activating group) is 1. The molecule has 3 heterocycles. The summed E-state index contributed by atoms with van der Waals surface area (Å²) in [6.07, 6.45) is -2.75. The molecule has 2 unspecified atom stereocenters. The molecule has 7 nitrogen and oxygen atoms in total. The van der Waals surface area contributed by atoms with Crippen LogP contribution in [0.15, 0.2) is 30.7 Å². The summed E-state index contributed by atoms with van der Waals surface area (Å²) in [7, 11) is 3.78. The largest absolute Gasteiger partial charge is 0.419 e. The van der Waals surface area contributed by atoms with Crippen molar-refractivity contribution < 1.29 is 22.0 Å². The van der Waals surface area contributed by atoms with Gasteiger partial charge in [0.2, 0.25) is 0 Å². The number of aromatic nitrogens is 4. The van der Waals surface area contributed by atoms with Crippen LogP contribution in [0.3, 0.4) is 0 Å². The van der Waals surface area contributed by atoms with E-state index >= 15 is 4.39 Å². The minimum Gasteiger partial charge on any atom is -0.383 e. The van der Waals surface area contributed by atoms with Gasteiger partial charge in [-0.15, -0.1) is 0 Å². The van der Waals surface area contributed by atoms with E-state index in [0.29, 0.717) is 43.5 Å². The highest BCUT2D eigenvalue weighted by atomic mass is 19.4. The smallest absolute Gasteiger partial charge is 0.383 e. The molecule has 0 amide bonds. The summed E-state index contributed by atoms with van der Waals surface area (Å²) in [5.41, 5.74) is 5.85. The number of nitrogen functional groups attached to an aromatic ring is 1. The number of hydrogen-bond acceptors (Lipinski definition) is 6. The van der Waals surface area contributed by atoms with E-state index in [1.807, 2.05) is 37.7 Å². The Bertz CT molecular complexity index is 1270. The molecule has 1 aromatic carbocycles. The quantitative estimate of drug-likeness (QED) is 0.423. The van der Waals surface area contributed by atoms with Crippen LogP contribution >= 0.6 is 0 Å². The Morgan fingerprint density at radius 1 is 1.18 bits per heavy atom. The maximum absolute atomic E-state index is 15.8. The lowest BCUT2D eigenvalue weighted by Crippen LogP contribution is -2.42. The summed E-state index contributed by atoms with van der Waals surface area (Å²) in [5, 5.41) is 0. The molecule has 0 saturated carbocycles. The minimum absolute atomic E-state index is 0.0479. The summed E-state index contributed by atoms with van der Waals surface area (Å²) in [6.45, 7) is 5.59. The second-order valence-corrected chi connectivity index (χ2v) is 10.2. The maximum Gasteiger partial charge on any atom is 0.419 e. The zero-order valence-electron chi connectivity index (χ0n) is 21.8. The molecular formula is C26H32F5N7. The van der Waals surface area contributed by atoms with Crippen LogP contribution in [0.1, 0.15) is 49.1 Å². The van der Waals surface area contributed by atoms with E-state index in [-0.39, 0.29) is 23.7 Å². The molecule has 206 valence electrons. The van der Waals surface area contributed by atoms with Gasteiger partial charge in [0, 0.05) is 37.0 Å². The molecule has 2 aromatic heterocycles. The number of alkyl halides is 4. The van der Waals surface area contributed by atoms with Crippen LogP contribution in [0.4, 0.5) is 33.6 Å². The lowest BCUT2D eigenvalue weighted by Gasteiger charge is -2.36. The van der Waals surface area contributed by atoms with Crippen molar-refractivity contribution in [1.29, 1.82) is 0 Å². The molecule has 0 bridgehead atoms. The van der Waals surface area contributed by atoms with Gasteiger partial charge in [0.05, 0.1) is 23.7 Å². The Kier molecular flexibility index (Phi) is 7.91. The molecule has 4 rings (SSSR count). The number of anilines is 2. The number of rotatable bonds is 7. The average molecular weight is 538 g/mol. The molecule has 3 aromatic rings. The summed E-state index contributed by atoms with van der Waals surface area (Å²) in [4.78, 5) is 16.9. The average Bonchev–Trinajstić information content (AvgIpc) is 3.25. The summed E-state index contributed by atoms with van der Waals surface area (Å²) in [6, 6.07) is 2.79. The molecule has 12 heteroatoms. The zero-order valence-corrected chi connectivity index (χ0v) is 21.8. The highest BCUT2D eigenvalue weighted by Crippen LogP contribution is 2.38. The van der Waals surface area contributed by atoms with E-state index in [0.717, 1.165) is 17.7 Å². The predicted molar refractivity (Wildman–Crippen MR) is 136 cm³/mol. The fourth-order valence-corrected chi connectivity index (χ4v) is 4.85. The van der Waals surface area contributed by atoms with Gasteiger partial charge in [0.25, 0.3) is 0 Å². The first kappa shape index (κ1) is 27.7. The van der Waals surface area contributed by atoms with Crippen LogP contribution in [0.25, 0.3) is 11.3 Å². The van der Waals surface area contributed by atoms with Crippen molar-refractivity contribution in [3.05, 3.63) is 53.5 Å². The van der Waals surface area contributed by atoms with Crippen LogP contribution in [0.5, 0.6) is 0 Å². The minimum atomic E-state index is -4.84. The molecule has 0 aliphatic carbocycles. The van der Waals surface area contributed by atoms with Gasteiger partial charge < -0.3 is 20.1 Å². The van der Waals surface area contributed by atoms with Crippen LogP contribution in [0.2, 0.25) is 0 Å². The normalized spacial score (nSPS) is 18.6. The first-order valence-electron chi connectivity index (χ1n) is 12.4. The first-order valence-corrected chi connectivity index (χ1v) is 12.4. The zero-order chi connectivity index (χ0) is 27.8. The topological polar surface area (TPSA) is 76.1 Å². The van der Waals surface area contributed by atoms with E-state index < -0.39 is 29.6 Å². The Morgan fingerprint density at radius 2 is 1.92 bits per heavy atom. The number of halogens is 5. The third-order valence-corrected chi connectivity index (χ3v) is 6.81. The number of benzene rings is 1. The number of imidazole rings is 1. The highest BCUT2D eigenvalue weighted by molar-refractivity contribution is 5.61. The van der Waals surface area contributed by atoms with Crippen molar-refractivity contribution in [2.45, 2.75) is 51.0 Å². The van der Waals surface area contributed by atoms with Crippen LogP contribution in [-0.4, -0.2) is 64.3 Å². The Labute approximate surface area is 218 Å². The molecular weight excluding hydrogens is 505 g/mol. The van der Waals surface area contributed by atoms with Crippen molar-refractivity contribution in [3.63, 3.8) is 0 Å². The monoisotopic (exact) mass is 537 g/mol. The van der Waals surface area contributed by atoms with Crippen molar-refractivity contribution in [1.82, 2.24) is 24.4 Å². The molecule has 1 aliphatic rings. The Morgan fingerprint density at radius 3 is 2.55 bits per heavy atom. The van der Waals surface area contributed by atoms with Crippen LogP contribution < -0.4 is 10.6 Å². The highest BCUT2D eigenvalue weighted by Gasteiger charge is 2.37. The predicted octanol–water partition coefficient (Wildman–Crippen LogP) is 5.10. The van der Waals surface area contributed by atoms with Gasteiger partial charge in [0.1, 0.15) is 35.8 Å². The van der Waals surface area contributed by atoms with E-state index in [9.17, 15) is 17.6 Å². The lowest BCUT2D eigenvalue weighted by molar-refractivity contribution is -0.139. The Balaban J connectivity index is 1.66. The summed E-state index contributed by atoms with van der Waals surface area (Å²) >= 11 is 0. The molecule has 1 saturated heterocycles. The van der Waals surface area contributed by atoms with Gasteiger partial charge in [-0.05, 0) is 44.6 Å². The second-order valence-electron chi connectivity index (χ2n) is 10.2. The second kappa shape index (κ2) is 10.8. The van der Waals surface area contributed by atoms with Crippen molar-refractivity contribution in [2.24, 2.45) is 0 Å². The molecule has 2 N–H and O–H groups in total. The summed E-state index contributed by atoms with van der Waals surface area (Å²) < 4.78 is 71.4. The molecule has 2 atom stereocenters. The fourth-order valence-electron chi connectivity index (χ4n) is 4.85. The van der Waals surface area contributed by atoms with Crippen molar-refractivity contribution >= 4 is 11.6 Å². The Hall–Kier alpha value is -3.28. The van der Waals surface area contributed by atoms with Crippen LogP contribution in [0, 0.1) is 5.82 Å². The van der Waals surface area contributed by atoms with E-state index in [4.69, 9.17) is 5.73 Å². The molecule has 1 aliphatic heterocycles. The van der Waals surface area contributed by atoms with Crippen molar-refractivity contribution in [3.8, 4) is 11.3 Å². The fraction of sp³-hybridized carbons (Fsp3) is 0.500.